The molecule has 0 radical (unpaired) electrons. The molecule has 1 heterocycles. The zero-order valence-electron chi connectivity index (χ0n) is 14.5. The first-order chi connectivity index (χ1) is 11.6. The molecule has 0 atom stereocenters. The summed E-state index contributed by atoms with van der Waals surface area (Å²) in [4.78, 5) is 6.79. The third-order valence-electron chi connectivity index (χ3n) is 3.96. The van der Waals surface area contributed by atoms with Crippen molar-refractivity contribution >= 4 is 16.5 Å². The predicted octanol–water partition coefficient (Wildman–Crippen LogP) is 4.38. The van der Waals surface area contributed by atoms with Crippen molar-refractivity contribution in [3.63, 3.8) is 0 Å². The lowest BCUT2D eigenvalue weighted by atomic mass is 10.1. The number of aromatic nitrogens is 1. The Morgan fingerprint density at radius 2 is 1.75 bits per heavy atom. The van der Waals surface area contributed by atoms with E-state index in [1.165, 1.54) is 0 Å². The van der Waals surface area contributed by atoms with E-state index in [-0.39, 0.29) is 0 Å². The Kier molecular flexibility index (Phi) is 4.56. The number of hydrogen-bond acceptors (Lipinski definition) is 4. The second kappa shape index (κ2) is 6.79. The van der Waals surface area contributed by atoms with Gasteiger partial charge in [0.05, 0.1) is 19.4 Å². The number of pyridine rings is 1. The number of methoxy groups -OCH3 is 1. The second-order valence-electron chi connectivity index (χ2n) is 5.77. The molecular formula is C20H22N2O2. The number of rotatable bonds is 5. The Morgan fingerprint density at radius 3 is 2.38 bits per heavy atom. The number of benzene rings is 2. The van der Waals surface area contributed by atoms with Gasteiger partial charge in [0.1, 0.15) is 5.75 Å². The predicted molar refractivity (Wildman–Crippen MR) is 99.2 cm³/mol. The lowest BCUT2D eigenvalue weighted by Crippen LogP contribution is -2.07. The summed E-state index contributed by atoms with van der Waals surface area (Å²) in [6.45, 7) is 2.55. The topological polar surface area (TPSA) is 34.6 Å². The molecule has 0 aliphatic rings. The first-order valence-corrected chi connectivity index (χ1v) is 8.01. The van der Waals surface area contributed by atoms with Gasteiger partial charge in [-0.2, -0.15) is 0 Å². The molecule has 0 aliphatic heterocycles. The van der Waals surface area contributed by atoms with Crippen LogP contribution in [0.5, 0.6) is 11.6 Å². The standard InChI is InChI=1S/C20H22N2O2/c1-5-24-20-18-11-10-17(23-4)12-15(18)13-19(21-20)14-6-8-16(9-7-14)22(2)3/h6-13H,5H2,1-4H3. The van der Waals surface area contributed by atoms with Crippen molar-refractivity contribution in [3.05, 3.63) is 48.5 Å². The molecule has 3 rings (SSSR count). The molecule has 0 saturated carbocycles. The molecular weight excluding hydrogens is 300 g/mol. The lowest BCUT2D eigenvalue weighted by Gasteiger charge is -2.14. The summed E-state index contributed by atoms with van der Waals surface area (Å²) < 4.78 is 11.1. The lowest BCUT2D eigenvalue weighted by molar-refractivity contribution is 0.331. The fourth-order valence-corrected chi connectivity index (χ4v) is 2.66. The van der Waals surface area contributed by atoms with Crippen LogP contribution < -0.4 is 14.4 Å². The smallest absolute Gasteiger partial charge is 0.221 e. The Labute approximate surface area is 142 Å². The van der Waals surface area contributed by atoms with E-state index in [9.17, 15) is 0 Å². The molecule has 1 aromatic heterocycles. The average molecular weight is 322 g/mol. The van der Waals surface area contributed by atoms with Gasteiger partial charge in [-0.25, -0.2) is 4.98 Å². The maximum Gasteiger partial charge on any atom is 0.221 e. The summed E-state index contributed by atoms with van der Waals surface area (Å²) >= 11 is 0. The van der Waals surface area contributed by atoms with E-state index >= 15 is 0 Å². The number of ether oxygens (including phenoxy) is 2. The summed E-state index contributed by atoms with van der Waals surface area (Å²) in [5.41, 5.74) is 3.11. The average Bonchev–Trinajstić information content (AvgIpc) is 2.61. The molecule has 0 spiro atoms. The summed E-state index contributed by atoms with van der Waals surface area (Å²) in [7, 11) is 5.73. The highest BCUT2D eigenvalue weighted by Gasteiger charge is 2.10. The van der Waals surface area contributed by atoms with E-state index in [0.29, 0.717) is 12.5 Å². The minimum Gasteiger partial charge on any atom is -0.497 e. The van der Waals surface area contributed by atoms with Crippen molar-refractivity contribution in [3.8, 4) is 22.9 Å². The van der Waals surface area contributed by atoms with Crippen LogP contribution in [0, 0.1) is 0 Å². The Hall–Kier alpha value is -2.75. The summed E-state index contributed by atoms with van der Waals surface area (Å²) in [6, 6.07) is 16.4. The van der Waals surface area contributed by atoms with Gasteiger partial charge in [-0.05, 0) is 48.7 Å². The van der Waals surface area contributed by atoms with Gasteiger partial charge in [0.2, 0.25) is 5.88 Å². The molecule has 0 bridgehead atoms. The van der Waals surface area contributed by atoms with Gasteiger partial charge in [0.25, 0.3) is 0 Å². The van der Waals surface area contributed by atoms with Gasteiger partial charge in [-0.1, -0.05) is 12.1 Å². The number of nitrogens with zero attached hydrogens (tertiary/aromatic N) is 2. The highest BCUT2D eigenvalue weighted by Crippen LogP contribution is 2.32. The largest absolute Gasteiger partial charge is 0.497 e. The third-order valence-corrected chi connectivity index (χ3v) is 3.96. The molecule has 2 aromatic carbocycles. The number of anilines is 1. The minimum absolute atomic E-state index is 0.581. The Morgan fingerprint density at radius 1 is 1.00 bits per heavy atom. The van der Waals surface area contributed by atoms with Crippen LogP contribution in [0.25, 0.3) is 22.0 Å². The number of hydrogen-bond donors (Lipinski definition) is 0. The van der Waals surface area contributed by atoms with Crippen LogP contribution in [0.4, 0.5) is 5.69 Å². The molecule has 0 aliphatic carbocycles. The van der Waals surface area contributed by atoms with Crippen LogP contribution in [-0.2, 0) is 0 Å². The van der Waals surface area contributed by atoms with Gasteiger partial charge in [-0.15, -0.1) is 0 Å². The normalized spacial score (nSPS) is 10.7. The van der Waals surface area contributed by atoms with Gasteiger partial charge < -0.3 is 14.4 Å². The van der Waals surface area contributed by atoms with Crippen LogP contribution in [0.2, 0.25) is 0 Å². The fraction of sp³-hybridized carbons (Fsp3) is 0.250. The highest BCUT2D eigenvalue weighted by atomic mass is 16.5. The van der Waals surface area contributed by atoms with E-state index in [4.69, 9.17) is 14.5 Å². The van der Waals surface area contributed by atoms with E-state index in [1.54, 1.807) is 7.11 Å². The first kappa shape index (κ1) is 16.1. The number of fused-ring (bicyclic) bond motifs is 1. The molecule has 0 fully saturated rings. The van der Waals surface area contributed by atoms with Crippen LogP contribution in [0.1, 0.15) is 6.92 Å². The molecule has 4 heteroatoms. The van der Waals surface area contributed by atoms with Crippen LogP contribution in [0.3, 0.4) is 0 Å². The molecule has 0 amide bonds. The van der Waals surface area contributed by atoms with Crippen molar-refractivity contribution in [1.29, 1.82) is 0 Å². The van der Waals surface area contributed by atoms with Crippen molar-refractivity contribution in [2.75, 3.05) is 32.7 Å². The maximum absolute atomic E-state index is 5.76. The van der Waals surface area contributed by atoms with Crippen molar-refractivity contribution in [2.24, 2.45) is 0 Å². The summed E-state index contributed by atoms with van der Waals surface area (Å²) in [5.74, 6) is 1.48. The van der Waals surface area contributed by atoms with Gasteiger partial charge >= 0.3 is 0 Å². The molecule has 24 heavy (non-hydrogen) atoms. The van der Waals surface area contributed by atoms with E-state index < -0.39 is 0 Å². The molecule has 4 nitrogen and oxygen atoms in total. The SMILES string of the molecule is CCOc1nc(-c2ccc(N(C)C)cc2)cc2cc(OC)ccc12. The monoisotopic (exact) mass is 322 g/mol. The maximum atomic E-state index is 5.76. The van der Waals surface area contributed by atoms with Crippen LogP contribution >= 0.6 is 0 Å². The van der Waals surface area contributed by atoms with E-state index in [0.717, 1.165) is 33.5 Å². The highest BCUT2D eigenvalue weighted by molar-refractivity contribution is 5.91. The minimum atomic E-state index is 0.581. The van der Waals surface area contributed by atoms with Crippen LogP contribution in [0.15, 0.2) is 48.5 Å². The summed E-state index contributed by atoms with van der Waals surface area (Å²) in [5, 5.41) is 2.05. The van der Waals surface area contributed by atoms with Gasteiger partial charge in [0.15, 0.2) is 0 Å². The Balaban J connectivity index is 2.12. The fourth-order valence-electron chi connectivity index (χ4n) is 2.66. The van der Waals surface area contributed by atoms with E-state index in [2.05, 4.69) is 35.2 Å². The van der Waals surface area contributed by atoms with E-state index in [1.807, 2.05) is 39.2 Å². The zero-order chi connectivity index (χ0) is 17.1. The molecule has 0 unspecified atom stereocenters. The third kappa shape index (κ3) is 3.13. The molecule has 0 N–H and O–H groups in total. The second-order valence-corrected chi connectivity index (χ2v) is 5.77. The van der Waals surface area contributed by atoms with Crippen LogP contribution in [-0.4, -0.2) is 32.8 Å². The van der Waals surface area contributed by atoms with Gasteiger partial charge in [0, 0.05) is 30.7 Å². The molecule has 3 aromatic rings. The molecule has 124 valence electrons. The molecule has 0 saturated heterocycles. The van der Waals surface area contributed by atoms with Crippen molar-refractivity contribution in [2.45, 2.75) is 6.92 Å². The van der Waals surface area contributed by atoms with Crippen molar-refractivity contribution < 1.29 is 9.47 Å². The van der Waals surface area contributed by atoms with Gasteiger partial charge in [-0.3, -0.25) is 0 Å². The quantitative estimate of drug-likeness (QED) is 0.698. The Bertz CT molecular complexity index is 842. The first-order valence-electron chi connectivity index (χ1n) is 8.01. The van der Waals surface area contributed by atoms with Crippen molar-refractivity contribution in [1.82, 2.24) is 4.98 Å². The summed E-state index contributed by atoms with van der Waals surface area (Å²) in [6.07, 6.45) is 0. The zero-order valence-corrected chi connectivity index (χ0v) is 14.5.